The molecule has 3 aromatic rings. The molecule has 4 heteroatoms. The fraction of sp³-hybridized carbons (Fsp3) is 0.0667. The van der Waals surface area contributed by atoms with Crippen molar-refractivity contribution in [3.05, 3.63) is 60.8 Å². The van der Waals surface area contributed by atoms with Crippen molar-refractivity contribution in [3.8, 4) is 22.4 Å². The molecule has 94 valence electrons. The molecule has 0 bridgehead atoms. The van der Waals surface area contributed by atoms with Crippen molar-refractivity contribution in [2.24, 2.45) is 7.05 Å². The number of halogens is 1. The molecule has 0 unspecified atom stereocenters. The Morgan fingerprint density at radius 3 is 2.58 bits per heavy atom. The molecule has 1 aromatic carbocycles. The molecule has 0 radical (unpaired) electrons. The predicted molar refractivity (Wildman–Crippen MR) is 71.8 cm³/mol. The van der Waals surface area contributed by atoms with E-state index in [-0.39, 0.29) is 5.82 Å². The van der Waals surface area contributed by atoms with Crippen molar-refractivity contribution in [1.82, 2.24) is 14.8 Å². The van der Waals surface area contributed by atoms with Crippen LogP contribution in [-0.2, 0) is 7.05 Å². The third-order valence-electron chi connectivity index (χ3n) is 2.92. The Kier molecular flexibility index (Phi) is 2.83. The van der Waals surface area contributed by atoms with E-state index in [2.05, 4.69) is 10.1 Å². The summed E-state index contributed by atoms with van der Waals surface area (Å²) in [5, 5.41) is 4.43. The molecule has 0 saturated heterocycles. The molecule has 0 aliphatic heterocycles. The third-order valence-corrected chi connectivity index (χ3v) is 2.92. The van der Waals surface area contributed by atoms with Gasteiger partial charge in [0.05, 0.1) is 0 Å². The van der Waals surface area contributed by atoms with Crippen molar-refractivity contribution in [2.45, 2.75) is 0 Å². The van der Waals surface area contributed by atoms with E-state index >= 15 is 0 Å². The summed E-state index contributed by atoms with van der Waals surface area (Å²) in [6.45, 7) is 0. The van der Waals surface area contributed by atoms with Gasteiger partial charge in [-0.3, -0.25) is 9.67 Å². The summed E-state index contributed by atoms with van der Waals surface area (Å²) in [7, 11) is 1.85. The Morgan fingerprint density at radius 2 is 1.84 bits per heavy atom. The molecule has 0 saturated carbocycles. The van der Waals surface area contributed by atoms with Gasteiger partial charge in [0.25, 0.3) is 0 Å². The highest BCUT2D eigenvalue weighted by Gasteiger charge is 2.12. The van der Waals surface area contributed by atoms with Crippen LogP contribution in [0, 0.1) is 5.82 Å². The SMILES string of the molecule is Cn1cc(-c2ccncc2)c(-c2cccc(F)c2)n1. The number of rotatable bonds is 2. The minimum atomic E-state index is -0.260. The largest absolute Gasteiger partial charge is 0.275 e. The van der Waals surface area contributed by atoms with Crippen molar-refractivity contribution in [2.75, 3.05) is 0 Å². The van der Waals surface area contributed by atoms with Crippen LogP contribution in [0.3, 0.4) is 0 Å². The number of aromatic nitrogens is 3. The van der Waals surface area contributed by atoms with E-state index in [1.807, 2.05) is 31.4 Å². The summed E-state index contributed by atoms with van der Waals surface area (Å²) in [6, 6.07) is 10.3. The molecule has 0 aliphatic carbocycles. The van der Waals surface area contributed by atoms with E-state index in [4.69, 9.17) is 0 Å². The van der Waals surface area contributed by atoms with Crippen molar-refractivity contribution >= 4 is 0 Å². The second-order valence-corrected chi connectivity index (χ2v) is 4.31. The Balaban J connectivity index is 2.18. The second kappa shape index (κ2) is 4.65. The summed E-state index contributed by atoms with van der Waals surface area (Å²) < 4.78 is 15.1. The average molecular weight is 253 g/mol. The lowest BCUT2D eigenvalue weighted by molar-refractivity contribution is 0.628. The highest BCUT2D eigenvalue weighted by molar-refractivity contribution is 5.80. The van der Waals surface area contributed by atoms with E-state index in [0.717, 1.165) is 22.4 Å². The first-order chi connectivity index (χ1) is 9.24. The fourth-order valence-corrected chi connectivity index (χ4v) is 2.08. The van der Waals surface area contributed by atoms with E-state index in [9.17, 15) is 4.39 Å². The predicted octanol–water partition coefficient (Wildman–Crippen LogP) is 3.29. The van der Waals surface area contributed by atoms with Gasteiger partial charge in [0.1, 0.15) is 11.5 Å². The van der Waals surface area contributed by atoms with Crippen LogP contribution in [0.4, 0.5) is 4.39 Å². The summed E-state index contributed by atoms with van der Waals surface area (Å²) >= 11 is 0. The monoisotopic (exact) mass is 253 g/mol. The van der Waals surface area contributed by atoms with E-state index in [1.165, 1.54) is 12.1 Å². The standard InChI is InChI=1S/C15H12FN3/c1-19-10-14(11-5-7-17-8-6-11)15(18-19)12-3-2-4-13(16)9-12/h2-10H,1H3. The van der Waals surface area contributed by atoms with Gasteiger partial charge >= 0.3 is 0 Å². The fourth-order valence-electron chi connectivity index (χ4n) is 2.08. The zero-order valence-corrected chi connectivity index (χ0v) is 10.4. The second-order valence-electron chi connectivity index (χ2n) is 4.31. The van der Waals surface area contributed by atoms with Crippen LogP contribution in [0.1, 0.15) is 0 Å². The highest BCUT2D eigenvalue weighted by atomic mass is 19.1. The molecule has 3 rings (SSSR count). The maximum Gasteiger partial charge on any atom is 0.123 e. The van der Waals surface area contributed by atoms with Gasteiger partial charge < -0.3 is 0 Å². The van der Waals surface area contributed by atoms with Gasteiger partial charge in [-0.05, 0) is 29.8 Å². The number of pyridine rings is 1. The molecule has 0 spiro atoms. The molecule has 3 nitrogen and oxygen atoms in total. The molecule has 0 amide bonds. The van der Waals surface area contributed by atoms with Crippen LogP contribution in [-0.4, -0.2) is 14.8 Å². The first kappa shape index (κ1) is 11.6. The molecular formula is C15H12FN3. The van der Waals surface area contributed by atoms with Gasteiger partial charge in [0.15, 0.2) is 0 Å². The molecule has 0 N–H and O–H groups in total. The summed E-state index contributed by atoms with van der Waals surface area (Å²) in [5.41, 5.74) is 3.53. The lowest BCUT2D eigenvalue weighted by Crippen LogP contribution is -1.88. The van der Waals surface area contributed by atoms with Crippen LogP contribution >= 0.6 is 0 Å². The van der Waals surface area contributed by atoms with Crippen LogP contribution in [0.15, 0.2) is 55.0 Å². The number of hydrogen-bond acceptors (Lipinski definition) is 2. The minimum Gasteiger partial charge on any atom is -0.275 e. The first-order valence-corrected chi connectivity index (χ1v) is 5.94. The van der Waals surface area contributed by atoms with Crippen molar-refractivity contribution in [3.63, 3.8) is 0 Å². The molecule has 0 atom stereocenters. The first-order valence-electron chi connectivity index (χ1n) is 5.94. The zero-order valence-electron chi connectivity index (χ0n) is 10.4. The maximum absolute atomic E-state index is 13.3. The third kappa shape index (κ3) is 2.25. The van der Waals surface area contributed by atoms with Crippen LogP contribution in [0.5, 0.6) is 0 Å². The Hall–Kier alpha value is -2.49. The topological polar surface area (TPSA) is 30.7 Å². The van der Waals surface area contributed by atoms with Gasteiger partial charge in [-0.15, -0.1) is 0 Å². The van der Waals surface area contributed by atoms with Gasteiger partial charge in [0.2, 0.25) is 0 Å². The van der Waals surface area contributed by atoms with Gasteiger partial charge in [-0.1, -0.05) is 12.1 Å². The number of aryl methyl sites for hydroxylation is 1. The molecule has 2 heterocycles. The van der Waals surface area contributed by atoms with E-state index < -0.39 is 0 Å². The molecule has 2 aromatic heterocycles. The van der Waals surface area contributed by atoms with Gasteiger partial charge in [-0.2, -0.15) is 5.10 Å². The molecular weight excluding hydrogens is 241 g/mol. The van der Waals surface area contributed by atoms with Crippen LogP contribution < -0.4 is 0 Å². The Labute approximate surface area is 110 Å². The van der Waals surface area contributed by atoms with Crippen molar-refractivity contribution in [1.29, 1.82) is 0 Å². The maximum atomic E-state index is 13.3. The average Bonchev–Trinajstić information content (AvgIpc) is 2.82. The quantitative estimate of drug-likeness (QED) is 0.701. The number of hydrogen-bond donors (Lipinski definition) is 0. The van der Waals surface area contributed by atoms with E-state index in [1.54, 1.807) is 23.1 Å². The number of nitrogens with zero attached hydrogens (tertiary/aromatic N) is 3. The van der Waals surface area contributed by atoms with Crippen molar-refractivity contribution < 1.29 is 4.39 Å². The molecule has 0 fully saturated rings. The number of benzene rings is 1. The normalized spacial score (nSPS) is 10.6. The molecule has 0 aliphatic rings. The lowest BCUT2D eigenvalue weighted by atomic mass is 10.0. The van der Waals surface area contributed by atoms with Gasteiger partial charge in [0, 0.05) is 36.8 Å². The minimum absolute atomic E-state index is 0.260. The molecule has 19 heavy (non-hydrogen) atoms. The zero-order chi connectivity index (χ0) is 13.2. The Bertz CT molecular complexity index is 704. The Morgan fingerprint density at radius 1 is 1.05 bits per heavy atom. The summed E-state index contributed by atoms with van der Waals surface area (Å²) in [4.78, 5) is 4.01. The van der Waals surface area contributed by atoms with E-state index in [0.29, 0.717) is 0 Å². The highest BCUT2D eigenvalue weighted by Crippen LogP contribution is 2.30. The lowest BCUT2D eigenvalue weighted by Gasteiger charge is -2.02. The summed E-state index contributed by atoms with van der Waals surface area (Å²) in [5.74, 6) is -0.260. The van der Waals surface area contributed by atoms with Crippen LogP contribution in [0.25, 0.3) is 22.4 Å². The van der Waals surface area contributed by atoms with Gasteiger partial charge in [-0.25, -0.2) is 4.39 Å². The summed E-state index contributed by atoms with van der Waals surface area (Å²) in [6.07, 6.45) is 5.39. The smallest absolute Gasteiger partial charge is 0.123 e. The van der Waals surface area contributed by atoms with Crippen LogP contribution in [0.2, 0.25) is 0 Å².